The number of rotatable bonds is 6. The summed E-state index contributed by atoms with van der Waals surface area (Å²) in [4.78, 5) is 6.81. The third kappa shape index (κ3) is 4.55. The molecular formula is C17H22BrN3. The summed E-state index contributed by atoms with van der Waals surface area (Å²) in [6.45, 7) is 6.94. The number of aromatic nitrogens is 1. The topological polar surface area (TPSA) is 28.2 Å². The Morgan fingerprint density at radius 3 is 2.52 bits per heavy atom. The van der Waals surface area contributed by atoms with E-state index in [1.165, 1.54) is 16.7 Å². The molecule has 0 aliphatic carbocycles. The minimum Gasteiger partial charge on any atom is -0.355 e. The van der Waals surface area contributed by atoms with Gasteiger partial charge in [0, 0.05) is 30.8 Å². The summed E-state index contributed by atoms with van der Waals surface area (Å²) in [7, 11) is 2.08. The Kier molecular flexibility index (Phi) is 5.76. The highest BCUT2D eigenvalue weighted by molar-refractivity contribution is 9.10. The predicted octanol–water partition coefficient (Wildman–Crippen LogP) is 3.90. The van der Waals surface area contributed by atoms with Gasteiger partial charge in [-0.1, -0.05) is 35.0 Å². The van der Waals surface area contributed by atoms with Gasteiger partial charge in [-0.3, -0.25) is 0 Å². The Balaban J connectivity index is 2.08. The molecule has 0 aliphatic heterocycles. The summed E-state index contributed by atoms with van der Waals surface area (Å²) in [5.41, 5.74) is 3.72. The monoisotopic (exact) mass is 347 g/mol. The maximum absolute atomic E-state index is 4.62. The lowest BCUT2D eigenvalue weighted by Crippen LogP contribution is -2.19. The smallest absolute Gasteiger partial charge is 0.131 e. The zero-order valence-electron chi connectivity index (χ0n) is 12.9. The van der Waals surface area contributed by atoms with Crippen LogP contribution in [0.25, 0.3) is 0 Å². The van der Waals surface area contributed by atoms with E-state index >= 15 is 0 Å². The fraction of sp³-hybridized carbons (Fsp3) is 0.353. The molecule has 4 heteroatoms. The number of pyridine rings is 1. The van der Waals surface area contributed by atoms with Crippen molar-refractivity contribution >= 4 is 21.7 Å². The first-order chi connectivity index (χ1) is 10.1. The van der Waals surface area contributed by atoms with Gasteiger partial charge in [-0.2, -0.15) is 0 Å². The Hall–Kier alpha value is -1.39. The van der Waals surface area contributed by atoms with Crippen molar-refractivity contribution in [3.05, 3.63) is 57.7 Å². The van der Waals surface area contributed by atoms with Crippen LogP contribution in [-0.4, -0.2) is 18.6 Å². The van der Waals surface area contributed by atoms with Gasteiger partial charge in [-0.25, -0.2) is 4.98 Å². The molecule has 21 heavy (non-hydrogen) atoms. The van der Waals surface area contributed by atoms with E-state index < -0.39 is 0 Å². The fourth-order valence-electron chi connectivity index (χ4n) is 2.33. The molecule has 3 nitrogen and oxygen atoms in total. The molecule has 2 rings (SSSR count). The SMILES string of the molecule is CCNCc1cnc(N(C)Cc2ccc(Br)cc2)c(C)c1. The van der Waals surface area contributed by atoms with Crippen LogP contribution in [0.2, 0.25) is 0 Å². The lowest BCUT2D eigenvalue weighted by molar-refractivity contribution is 0.723. The summed E-state index contributed by atoms with van der Waals surface area (Å²) in [6.07, 6.45) is 1.96. The highest BCUT2D eigenvalue weighted by atomic mass is 79.9. The molecule has 0 spiro atoms. The van der Waals surface area contributed by atoms with Crippen molar-refractivity contribution in [3.8, 4) is 0 Å². The van der Waals surface area contributed by atoms with Crippen LogP contribution in [0, 0.1) is 6.92 Å². The van der Waals surface area contributed by atoms with Gasteiger partial charge in [-0.15, -0.1) is 0 Å². The lowest BCUT2D eigenvalue weighted by Gasteiger charge is -2.21. The number of halogens is 1. The number of nitrogens with one attached hydrogen (secondary N) is 1. The van der Waals surface area contributed by atoms with E-state index in [9.17, 15) is 0 Å². The summed E-state index contributed by atoms with van der Waals surface area (Å²) in [5.74, 6) is 1.04. The van der Waals surface area contributed by atoms with E-state index in [0.717, 1.165) is 29.9 Å². The number of nitrogens with zero attached hydrogens (tertiary/aromatic N) is 2. The van der Waals surface area contributed by atoms with Crippen LogP contribution in [0.15, 0.2) is 41.0 Å². The van der Waals surface area contributed by atoms with Gasteiger partial charge in [0.05, 0.1) is 0 Å². The lowest BCUT2D eigenvalue weighted by atomic mass is 10.1. The van der Waals surface area contributed by atoms with Gasteiger partial charge in [0.15, 0.2) is 0 Å². The molecule has 0 bridgehead atoms. The number of hydrogen-bond acceptors (Lipinski definition) is 3. The Bertz CT molecular complexity index is 581. The van der Waals surface area contributed by atoms with Crippen LogP contribution in [0.3, 0.4) is 0 Å². The van der Waals surface area contributed by atoms with E-state index in [-0.39, 0.29) is 0 Å². The first-order valence-electron chi connectivity index (χ1n) is 7.22. The zero-order valence-corrected chi connectivity index (χ0v) is 14.4. The van der Waals surface area contributed by atoms with Gasteiger partial charge in [-0.05, 0) is 48.4 Å². The van der Waals surface area contributed by atoms with Crippen molar-refractivity contribution in [2.75, 3.05) is 18.5 Å². The summed E-state index contributed by atoms with van der Waals surface area (Å²) in [5, 5.41) is 3.33. The molecule has 0 saturated carbocycles. The maximum atomic E-state index is 4.62. The number of hydrogen-bond donors (Lipinski definition) is 1. The highest BCUT2D eigenvalue weighted by Gasteiger charge is 2.08. The molecule has 1 N–H and O–H groups in total. The zero-order chi connectivity index (χ0) is 15.2. The van der Waals surface area contributed by atoms with Gasteiger partial charge in [0.2, 0.25) is 0 Å². The van der Waals surface area contributed by atoms with Crippen molar-refractivity contribution in [1.82, 2.24) is 10.3 Å². The van der Waals surface area contributed by atoms with E-state index in [1.807, 2.05) is 6.20 Å². The third-order valence-corrected chi connectivity index (χ3v) is 3.91. The molecular weight excluding hydrogens is 326 g/mol. The molecule has 1 aromatic carbocycles. The fourth-order valence-corrected chi connectivity index (χ4v) is 2.59. The second-order valence-corrected chi connectivity index (χ2v) is 6.16. The first-order valence-corrected chi connectivity index (χ1v) is 8.01. The molecule has 1 aromatic heterocycles. The van der Waals surface area contributed by atoms with E-state index in [1.54, 1.807) is 0 Å². The van der Waals surface area contributed by atoms with Gasteiger partial charge in [0.1, 0.15) is 5.82 Å². The van der Waals surface area contributed by atoms with Crippen LogP contribution in [0.1, 0.15) is 23.6 Å². The molecule has 0 saturated heterocycles. The molecule has 0 amide bonds. The average Bonchev–Trinajstić information content (AvgIpc) is 2.47. The van der Waals surface area contributed by atoms with Crippen molar-refractivity contribution < 1.29 is 0 Å². The summed E-state index contributed by atoms with van der Waals surface area (Å²) in [6, 6.07) is 10.6. The summed E-state index contributed by atoms with van der Waals surface area (Å²) < 4.78 is 1.11. The minimum atomic E-state index is 0.855. The molecule has 2 aromatic rings. The number of benzene rings is 1. The van der Waals surface area contributed by atoms with E-state index in [2.05, 4.69) is 82.4 Å². The molecule has 0 fully saturated rings. The standard InChI is InChI=1S/C17H22BrN3/c1-4-19-10-15-9-13(2)17(20-11-15)21(3)12-14-5-7-16(18)8-6-14/h5-9,11,19H,4,10,12H2,1-3H3. The van der Waals surface area contributed by atoms with Crippen molar-refractivity contribution in [2.24, 2.45) is 0 Å². The van der Waals surface area contributed by atoms with Crippen molar-refractivity contribution in [3.63, 3.8) is 0 Å². The Morgan fingerprint density at radius 2 is 1.90 bits per heavy atom. The maximum Gasteiger partial charge on any atom is 0.131 e. The molecule has 0 unspecified atom stereocenters. The van der Waals surface area contributed by atoms with Crippen LogP contribution in [0.5, 0.6) is 0 Å². The minimum absolute atomic E-state index is 0.855. The molecule has 1 heterocycles. The number of aryl methyl sites for hydroxylation is 1. The largest absolute Gasteiger partial charge is 0.355 e. The van der Waals surface area contributed by atoms with Crippen molar-refractivity contribution in [1.29, 1.82) is 0 Å². The Labute approximate surface area is 135 Å². The van der Waals surface area contributed by atoms with Gasteiger partial charge >= 0.3 is 0 Å². The summed E-state index contributed by atoms with van der Waals surface area (Å²) >= 11 is 3.46. The van der Waals surface area contributed by atoms with Gasteiger partial charge in [0.25, 0.3) is 0 Å². The van der Waals surface area contributed by atoms with Crippen LogP contribution < -0.4 is 10.2 Å². The van der Waals surface area contributed by atoms with Crippen LogP contribution in [-0.2, 0) is 13.1 Å². The highest BCUT2D eigenvalue weighted by Crippen LogP contribution is 2.19. The molecule has 0 atom stereocenters. The van der Waals surface area contributed by atoms with E-state index in [4.69, 9.17) is 0 Å². The molecule has 112 valence electrons. The van der Waals surface area contributed by atoms with Crippen LogP contribution in [0.4, 0.5) is 5.82 Å². The second-order valence-electron chi connectivity index (χ2n) is 5.25. The number of anilines is 1. The molecule has 0 aliphatic rings. The first kappa shape index (κ1) is 16.0. The predicted molar refractivity (Wildman–Crippen MR) is 92.6 cm³/mol. The van der Waals surface area contributed by atoms with Gasteiger partial charge < -0.3 is 10.2 Å². The molecule has 0 radical (unpaired) electrons. The van der Waals surface area contributed by atoms with Crippen LogP contribution >= 0.6 is 15.9 Å². The third-order valence-electron chi connectivity index (χ3n) is 3.38. The van der Waals surface area contributed by atoms with Crippen molar-refractivity contribution in [2.45, 2.75) is 26.9 Å². The second kappa shape index (κ2) is 7.57. The quantitative estimate of drug-likeness (QED) is 0.858. The van der Waals surface area contributed by atoms with E-state index in [0.29, 0.717) is 0 Å². The Morgan fingerprint density at radius 1 is 1.19 bits per heavy atom. The average molecular weight is 348 g/mol. The normalized spacial score (nSPS) is 10.7.